The molecule has 0 aliphatic carbocycles. The van der Waals surface area contributed by atoms with Gasteiger partial charge in [0, 0.05) is 0 Å². The third kappa shape index (κ3) is 5.08. The van der Waals surface area contributed by atoms with Gasteiger partial charge in [-0.05, 0) is 13.8 Å². The van der Waals surface area contributed by atoms with E-state index in [0.29, 0.717) is 0 Å². The van der Waals surface area contributed by atoms with E-state index in [1.807, 2.05) is 4.72 Å². The van der Waals surface area contributed by atoms with E-state index < -0.39 is 39.7 Å². The first-order valence-corrected chi connectivity index (χ1v) is 6.03. The molecule has 94 valence electrons. The Labute approximate surface area is 93.8 Å². The number of aliphatic carboxylic acids is 1. The summed E-state index contributed by atoms with van der Waals surface area (Å²) in [6.07, 6.45) is 0. The Morgan fingerprint density at radius 1 is 1.38 bits per heavy atom. The minimum atomic E-state index is -3.82. The molecule has 0 atom stereocenters. The van der Waals surface area contributed by atoms with E-state index >= 15 is 0 Å². The van der Waals surface area contributed by atoms with Gasteiger partial charge in [-0.25, -0.2) is 13.1 Å². The molecule has 16 heavy (non-hydrogen) atoms. The number of hydrogen-bond acceptors (Lipinski definition) is 5. The number of carboxylic acids is 1. The topological polar surface area (TPSA) is 110 Å². The fraction of sp³-hybridized carbons (Fsp3) is 0.750. The summed E-state index contributed by atoms with van der Waals surface area (Å²) in [6, 6.07) is 0. The van der Waals surface area contributed by atoms with Crippen LogP contribution in [0.3, 0.4) is 0 Å². The van der Waals surface area contributed by atoms with Gasteiger partial charge in [0.15, 0.2) is 0 Å². The third-order valence-electron chi connectivity index (χ3n) is 1.73. The highest BCUT2D eigenvalue weighted by Crippen LogP contribution is 2.19. The standard InChI is InChI=1S/C8H15NO6S/c1-8(2,7(12)15-3)5-16(13,14)9-4-6(10)11/h9H,4-5H2,1-3H3,(H,10,11). The molecule has 8 heteroatoms. The highest BCUT2D eigenvalue weighted by molar-refractivity contribution is 7.89. The number of rotatable bonds is 6. The summed E-state index contributed by atoms with van der Waals surface area (Å²) in [5.74, 6) is -2.49. The number of methoxy groups -OCH3 is 1. The Morgan fingerprint density at radius 2 is 1.88 bits per heavy atom. The summed E-state index contributed by atoms with van der Waals surface area (Å²) < 4.78 is 29.1. The highest BCUT2D eigenvalue weighted by atomic mass is 32.2. The van der Waals surface area contributed by atoms with Gasteiger partial charge in [0.1, 0.15) is 6.54 Å². The van der Waals surface area contributed by atoms with Crippen molar-refractivity contribution in [3.05, 3.63) is 0 Å². The van der Waals surface area contributed by atoms with Crippen molar-refractivity contribution < 1.29 is 27.9 Å². The Morgan fingerprint density at radius 3 is 2.25 bits per heavy atom. The van der Waals surface area contributed by atoms with Crippen LogP contribution in [0, 0.1) is 5.41 Å². The molecule has 0 aromatic carbocycles. The predicted octanol–water partition coefficient (Wildman–Crippen LogP) is -0.810. The van der Waals surface area contributed by atoms with E-state index in [1.54, 1.807) is 0 Å². The average molecular weight is 253 g/mol. The molecular weight excluding hydrogens is 238 g/mol. The van der Waals surface area contributed by atoms with Crippen LogP contribution in [0.5, 0.6) is 0 Å². The molecule has 0 amide bonds. The molecule has 0 aliphatic rings. The zero-order valence-electron chi connectivity index (χ0n) is 9.31. The van der Waals surface area contributed by atoms with Crippen molar-refractivity contribution in [2.24, 2.45) is 5.41 Å². The van der Waals surface area contributed by atoms with Gasteiger partial charge in [-0.2, -0.15) is 0 Å². The summed E-state index contributed by atoms with van der Waals surface area (Å²) in [5, 5.41) is 8.31. The number of carbonyl (C=O) groups is 2. The maximum absolute atomic E-state index is 11.4. The number of sulfonamides is 1. The molecule has 0 spiro atoms. The minimum Gasteiger partial charge on any atom is -0.480 e. The van der Waals surface area contributed by atoms with Crippen molar-refractivity contribution in [1.29, 1.82) is 0 Å². The molecule has 0 heterocycles. The molecule has 2 N–H and O–H groups in total. The average Bonchev–Trinajstić information content (AvgIpc) is 2.12. The maximum atomic E-state index is 11.4. The summed E-state index contributed by atoms with van der Waals surface area (Å²) in [4.78, 5) is 21.4. The van der Waals surface area contributed by atoms with Crippen LogP contribution < -0.4 is 4.72 Å². The molecule has 0 radical (unpaired) electrons. The highest BCUT2D eigenvalue weighted by Gasteiger charge is 2.34. The number of ether oxygens (including phenoxy) is 1. The number of hydrogen-bond donors (Lipinski definition) is 2. The van der Waals surface area contributed by atoms with Crippen molar-refractivity contribution in [3.63, 3.8) is 0 Å². The molecular formula is C8H15NO6S. The van der Waals surface area contributed by atoms with Gasteiger partial charge in [-0.3, -0.25) is 9.59 Å². The van der Waals surface area contributed by atoms with Crippen molar-refractivity contribution in [3.8, 4) is 0 Å². The summed E-state index contributed by atoms with van der Waals surface area (Å²) >= 11 is 0. The van der Waals surface area contributed by atoms with Crippen LogP contribution in [-0.4, -0.2) is 44.9 Å². The maximum Gasteiger partial charge on any atom is 0.318 e. The van der Waals surface area contributed by atoms with Crippen molar-refractivity contribution >= 4 is 22.0 Å². The van der Waals surface area contributed by atoms with Crippen LogP contribution in [0.1, 0.15) is 13.8 Å². The van der Waals surface area contributed by atoms with Gasteiger partial charge in [-0.1, -0.05) is 0 Å². The van der Waals surface area contributed by atoms with Gasteiger partial charge < -0.3 is 9.84 Å². The van der Waals surface area contributed by atoms with Crippen molar-refractivity contribution in [2.45, 2.75) is 13.8 Å². The van der Waals surface area contributed by atoms with Crippen LogP contribution in [-0.2, 0) is 24.3 Å². The van der Waals surface area contributed by atoms with E-state index in [9.17, 15) is 18.0 Å². The second-order valence-corrected chi connectivity index (χ2v) is 5.66. The zero-order chi connectivity index (χ0) is 13.0. The summed E-state index contributed by atoms with van der Waals surface area (Å²) in [7, 11) is -2.67. The van der Waals surface area contributed by atoms with Gasteiger partial charge in [0.25, 0.3) is 0 Å². The lowest BCUT2D eigenvalue weighted by atomic mass is 9.97. The van der Waals surface area contributed by atoms with Gasteiger partial charge >= 0.3 is 11.9 Å². The molecule has 0 rings (SSSR count). The summed E-state index contributed by atoms with van der Waals surface area (Å²) in [5.41, 5.74) is -1.22. The van der Waals surface area contributed by atoms with E-state index in [-0.39, 0.29) is 0 Å². The lowest BCUT2D eigenvalue weighted by Gasteiger charge is -2.20. The molecule has 7 nitrogen and oxygen atoms in total. The Hall–Kier alpha value is -1.15. The lowest BCUT2D eigenvalue weighted by Crippen LogP contribution is -2.40. The third-order valence-corrected chi connectivity index (χ3v) is 3.42. The van der Waals surface area contributed by atoms with Gasteiger partial charge in [0.2, 0.25) is 10.0 Å². The van der Waals surface area contributed by atoms with Gasteiger partial charge in [0.05, 0.1) is 18.3 Å². The molecule has 0 aromatic rings. The number of nitrogens with one attached hydrogen (secondary N) is 1. The van der Waals surface area contributed by atoms with Crippen molar-refractivity contribution in [2.75, 3.05) is 19.4 Å². The molecule has 0 unspecified atom stereocenters. The first kappa shape index (κ1) is 14.8. The minimum absolute atomic E-state index is 0.528. The molecule has 0 saturated heterocycles. The van der Waals surface area contributed by atoms with E-state index in [2.05, 4.69) is 4.74 Å². The van der Waals surface area contributed by atoms with Crippen molar-refractivity contribution in [1.82, 2.24) is 4.72 Å². The quantitative estimate of drug-likeness (QED) is 0.599. The second-order valence-electron chi connectivity index (χ2n) is 3.85. The SMILES string of the molecule is COC(=O)C(C)(C)CS(=O)(=O)NCC(=O)O. The van der Waals surface area contributed by atoms with Crippen LogP contribution >= 0.6 is 0 Å². The number of carboxylic acid groups (broad SMARTS) is 1. The van der Waals surface area contributed by atoms with Gasteiger partial charge in [-0.15, -0.1) is 0 Å². The fourth-order valence-corrected chi connectivity index (χ4v) is 2.55. The zero-order valence-corrected chi connectivity index (χ0v) is 10.1. The molecule has 0 aliphatic heterocycles. The van der Waals surface area contributed by atoms with Crippen LogP contribution in [0.15, 0.2) is 0 Å². The van der Waals surface area contributed by atoms with E-state index in [4.69, 9.17) is 5.11 Å². The Kier molecular flexibility index (Phi) is 4.88. The van der Waals surface area contributed by atoms with E-state index in [1.165, 1.54) is 13.8 Å². The number of carbonyl (C=O) groups excluding carboxylic acids is 1. The fourth-order valence-electron chi connectivity index (χ4n) is 1.03. The van der Waals surface area contributed by atoms with Crippen LogP contribution in [0.2, 0.25) is 0 Å². The second kappa shape index (κ2) is 5.26. The molecule has 0 aromatic heterocycles. The first-order chi connectivity index (χ1) is 7.10. The smallest absolute Gasteiger partial charge is 0.318 e. The monoisotopic (exact) mass is 253 g/mol. The lowest BCUT2D eigenvalue weighted by molar-refractivity contribution is -0.149. The largest absolute Gasteiger partial charge is 0.480 e. The Balaban J connectivity index is 4.58. The molecule has 0 fully saturated rings. The number of esters is 1. The first-order valence-electron chi connectivity index (χ1n) is 4.38. The Bertz CT molecular complexity index is 372. The predicted molar refractivity (Wildman–Crippen MR) is 55.2 cm³/mol. The normalized spacial score (nSPS) is 12.2. The summed E-state index contributed by atoms with van der Waals surface area (Å²) in [6.45, 7) is 2.09. The molecule has 0 saturated carbocycles. The van der Waals surface area contributed by atoms with Crippen LogP contribution in [0.25, 0.3) is 0 Å². The molecule has 0 bridgehead atoms. The van der Waals surface area contributed by atoms with Crippen LogP contribution in [0.4, 0.5) is 0 Å². The van der Waals surface area contributed by atoms with E-state index in [0.717, 1.165) is 7.11 Å².